The van der Waals surface area contributed by atoms with Crippen LogP contribution in [0.25, 0.3) is 0 Å². The van der Waals surface area contributed by atoms with E-state index < -0.39 is 26.6 Å². The second kappa shape index (κ2) is 4.91. The Balaban J connectivity index is 3.32. The molecule has 1 rings (SSSR count). The molecule has 0 spiro atoms. The maximum atomic E-state index is 13.8. The Morgan fingerprint density at radius 3 is 2.24 bits per heavy atom. The van der Waals surface area contributed by atoms with Crippen molar-refractivity contribution in [1.82, 2.24) is 0 Å². The minimum atomic E-state index is -4.52. The van der Waals surface area contributed by atoms with Crippen molar-refractivity contribution in [2.75, 3.05) is 12.8 Å². The topological polar surface area (TPSA) is 46.5 Å². The highest BCUT2D eigenvalue weighted by Crippen LogP contribution is 2.28. The molecular formula is C11H13F2NO2S. The lowest BCUT2D eigenvalue weighted by Crippen LogP contribution is -2.39. The molecular weight excluding hydrogens is 248 g/mol. The fraction of sp³-hybridized carbons (Fsp3) is 0.364. The van der Waals surface area contributed by atoms with Gasteiger partial charge in [0.25, 0.3) is 0 Å². The van der Waals surface area contributed by atoms with Gasteiger partial charge in [0.2, 0.25) is 9.84 Å². The van der Waals surface area contributed by atoms with Gasteiger partial charge in [0.1, 0.15) is 5.71 Å². The third kappa shape index (κ3) is 2.52. The van der Waals surface area contributed by atoms with Gasteiger partial charge in [0.15, 0.2) is 0 Å². The van der Waals surface area contributed by atoms with Crippen LogP contribution in [0.5, 0.6) is 0 Å². The van der Waals surface area contributed by atoms with E-state index in [1.54, 1.807) is 18.2 Å². The fourth-order valence-electron chi connectivity index (χ4n) is 1.35. The minimum Gasteiger partial charge on any atom is -0.285 e. The van der Waals surface area contributed by atoms with E-state index >= 15 is 0 Å². The Labute approximate surface area is 99.1 Å². The van der Waals surface area contributed by atoms with E-state index in [2.05, 4.69) is 4.99 Å². The molecule has 0 aliphatic carbocycles. The molecule has 0 saturated carbocycles. The molecule has 0 N–H and O–H groups in total. The number of aliphatic imine (C=N–C) groups is 1. The number of rotatable bonds is 4. The van der Waals surface area contributed by atoms with E-state index in [1.165, 1.54) is 19.1 Å². The molecule has 0 unspecified atom stereocenters. The van der Waals surface area contributed by atoms with Crippen LogP contribution in [0.2, 0.25) is 0 Å². The predicted molar refractivity (Wildman–Crippen MR) is 63.3 cm³/mol. The number of halogens is 2. The monoisotopic (exact) mass is 261 g/mol. The molecule has 0 aliphatic rings. The highest BCUT2D eigenvalue weighted by atomic mass is 32.2. The number of hydrogen-bond acceptors (Lipinski definition) is 3. The van der Waals surface area contributed by atoms with Crippen LogP contribution in [0.1, 0.15) is 12.5 Å². The number of benzene rings is 1. The zero-order valence-electron chi connectivity index (χ0n) is 9.52. The van der Waals surface area contributed by atoms with Gasteiger partial charge in [-0.1, -0.05) is 37.3 Å². The van der Waals surface area contributed by atoms with Crippen LogP contribution in [0.15, 0.2) is 35.3 Å². The second-order valence-electron chi connectivity index (χ2n) is 3.36. The summed E-state index contributed by atoms with van der Waals surface area (Å²) in [7, 11) is -3.37. The molecule has 0 fully saturated rings. The van der Waals surface area contributed by atoms with E-state index in [1.807, 2.05) is 0 Å². The Morgan fingerprint density at radius 2 is 1.82 bits per heavy atom. The first-order chi connectivity index (χ1) is 7.86. The lowest BCUT2D eigenvalue weighted by molar-refractivity contribution is 0.169. The number of alkyl halides is 2. The minimum absolute atomic E-state index is 0.108. The standard InChI is InChI=1S/C11H13F2NO2S/c1-3-17(15,16)11(12,13)10(14-2)9-7-5-4-6-8-9/h4-8H,3H2,1-2H3. The summed E-state index contributed by atoms with van der Waals surface area (Å²) in [6.45, 7) is 1.18. The van der Waals surface area contributed by atoms with E-state index in [0.29, 0.717) is 0 Å². The van der Waals surface area contributed by atoms with Crippen molar-refractivity contribution >= 4 is 15.5 Å². The van der Waals surface area contributed by atoms with E-state index in [0.717, 1.165) is 7.05 Å². The van der Waals surface area contributed by atoms with Crippen LogP contribution in [0, 0.1) is 0 Å². The molecule has 0 amide bonds. The zero-order valence-corrected chi connectivity index (χ0v) is 10.3. The first kappa shape index (κ1) is 13.8. The van der Waals surface area contributed by atoms with Crippen LogP contribution >= 0.6 is 0 Å². The molecule has 0 aromatic heterocycles. The first-order valence-corrected chi connectivity index (χ1v) is 6.64. The van der Waals surface area contributed by atoms with Gasteiger partial charge in [0.05, 0.1) is 5.75 Å². The maximum Gasteiger partial charge on any atom is 0.387 e. The third-order valence-electron chi connectivity index (χ3n) is 2.32. The van der Waals surface area contributed by atoms with Crippen molar-refractivity contribution in [3.8, 4) is 0 Å². The summed E-state index contributed by atoms with van der Waals surface area (Å²) in [6, 6.07) is 7.57. The van der Waals surface area contributed by atoms with Crippen LogP contribution in [0.3, 0.4) is 0 Å². The molecule has 1 aromatic rings. The highest BCUT2D eigenvalue weighted by molar-refractivity contribution is 7.93. The molecule has 3 nitrogen and oxygen atoms in total. The van der Waals surface area contributed by atoms with Crippen molar-refractivity contribution in [1.29, 1.82) is 0 Å². The number of hydrogen-bond donors (Lipinski definition) is 0. The quantitative estimate of drug-likeness (QED) is 0.779. The molecule has 0 radical (unpaired) electrons. The molecule has 0 aliphatic heterocycles. The Morgan fingerprint density at radius 1 is 1.29 bits per heavy atom. The summed E-state index contributed by atoms with van der Waals surface area (Å²) in [4.78, 5) is 3.43. The largest absolute Gasteiger partial charge is 0.387 e. The van der Waals surface area contributed by atoms with E-state index in [-0.39, 0.29) is 5.56 Å². The average molecular weight is 261 g/mol. The summed E-state index contributed by atoms with van der Waals surface area (Å²) in [6.07, 6.45) is 0. The van der Waals surface area contributed by atoms with E-state index in [4.69, 9.17) is 0 Å². The molecule has 94 valence electrons. The smallest absolute Gasteiger partial charge is 0.285 e. The third-order valence-corrected chi connectivity index (χ3v) is 4.05. The van der Waals surface area contributed by atoms with Gasteiger partial charge >= 0.3 is 5.25 Å². The van der Waals surface area contributed by atoms with Crippen molar-refractivity contribution < 1.29 is 17.2 Å². The van der Waals surface area contributed by atoms with Crippen molar-refractivity contribution in [3.63, 3.8) is 0 Å². The van der Waals surface area contributed by atoms with Gasteiger partial charge in [-0.3, -0.25) is 4.99 Å². The molecule has 0 bridgehead atoms. The van der Waals surface area contributed by atoms with Crippen molar-refractivity contribution in [2.45, 2.75) is 12.2 Å². The first-order valence-electron chi connectivity index (χ1n) is 4.99. The van der Waals surface area contributed by atoms with Crippen LogP contribution in [0.4, 0.5) is 8.78 Å². The summed E-state index contributed by atoms with van der Waals surface area (Å²) in [5.41, 5.74) is -0.614. The molecule has 0 atom stereocenters. The van der Waals surface area contributed by atoms with Crippen molar-refractivity contribution in [2.24, 2.45) is 4.99 Å². The summed E-state index contributed by atoms with van der Waals surface area (Å²) < 4.78 is 50.4. The van der Waals surface area contributed by atoms with Gasteiger partial charge in [0, 0.05) is 12.6 Å². The fourth-order valence-corrected chi connectivity index (χ4v) is 2.22. The Hall–Kier alpha value is -1.30. The molecule has 1 aromatic carbocycles. The SMILES string of the molecule is CCS(=O)(=O)C(F)(F)C(=NC)c1ccccc1. The van der Waals surface area contributed by atoms with Crippen molar-refractivity contribution in [3.05, 3.63) is 35.9 Å². The van der Waals surface area contributed by atoms with Gasteiger partial charge in [-0.25, -0.2) is 8.42 Å². The lowest BCUT2D eigenvalue weighted by atomic mass is 10.1. The van der Waals surface area contributed by atoms with Crippen LogP contribution in [-0.2, 0) is 9.84 Å². The molecule has 0 saturated heterocycles. The number of nitrogens with zero attached hydrogens (tertiary/aromatic N) is 1. The summed E-state index contributed by atoms with van der Waals surface area (Å²) in [5, 5.41) is -3.96. The maximum absolute atomic E-state index is 13.8. The zero-order chi connectivity index (χ0) is 13.1. The molecule has 17 heavy (non-hydrogen) atoms. The Bertz CT molecular complexity index is 510. The van der Waals surface area contributed by atoms with E-state index in [9.17, 15) is 17.2 Å². The van der Waals surface area contributed by atoms with Gasteiger partial charge in [-0.15, -0.1) is 0 Å². The lowest BCUT2D eigenvalue weighted by Gasteiger charge is -2.18. The predicted octanol–water partition coefficient (Wildman–Crippen LogP) is 2.13. The molecule has 6 heteroatoms. The van der Waals surface area contributed by atoms with Crippen LogP contribution in [-0.4, -0.2) is 32.2 Å². The van der Waals surface area contributed by atoms with Gasteiger partial charge in [-0.2, -0.15) is 8.78 Å². The van der Waals surface area contributed by atoms with Gasteiger partial charge in [-0.05, 0) is 0 Å². The summed E-state index contributed by atoms with van der Waals surface area (Å²) in [5.74, 6) is -0.633. The number of sulfone groups is 1. The summed E-state index contributed by atoms with van der Waals surface area (Å²) >= 11 is 0. The normalized spacial score (nSPS) is 13.8. The van der Waals surface area contributed by atoms with Crippen LogP contribution < -0.4 is 0 Å². The van der Waals surface area contributed by atoms with Gasteiger partial charge < -0.3 is 0 Å². The average Bonchev–Trinajstić information content (AvgIpc) is 2.30. The highest BCUT2D eigenvalue weighted by Gasteiger charge is 2.48. The second-order valence-corrected chi connectivity index (χ2v) is 5.68. The molecule has 0 heterocycles. The Kier molecular flexibility index (Phi) is 3.98.